The van der Waals surface area contributed by atoms with Gasteiger partial charge in [-0.05, 0) is 25.0 Å². The highest BCUT2D eigenvalue weighted by atomic mass is 19.4. The van der Waals surface area contributed by atoms with Gasteiger partial charge in [0.2, 0.25) is 5.54 Å². The number of alkyl halides is 3. The van der Waals surface area contributed by atoms with Gasteiger partial charge in [0.05, 0.1) is 31.4 Å². The van der Waals surface area contributed by atoms with E-state index in [1.807, 2.05) is 0 Å². The molecule has 2 N–H and O–H groups in total. The number of aliphatic hydroxyl groups excluding tert-OH is 1. The second-order valence-corrected chi connectivity index (χ2v) is 7.15. The molecule has 0 saturated heterocycles. The van der Waals surface area contributed by atoms with E-state index in [4.69, 9.17) is 0 Å². The number of aliphatic hydroxyl groups is 1. The minimum absolute atomic E-state index is 0.00291. The van der Waals surface area contributed by atoms with Gasteiger partial charge in [0, 0.05) is 28.9 Å². The van der Waals surface area contributed by atoms with Gasteiger partial charge in [-0.25, -0.2) is 14.4 Å². The SMILES string of the molecule is O=c1c(CO)cncn1Cc1cc2c(cc1F)[C@@](C#CC1CC1)(C(F)(F)F)N=CN2. The Bertz CT molecular complexity index is 1140. The Morgan fingerprint density at radius 3 is 2.73 bits per heavy atom. The average Bonchev–Trinajstić information content (AvgIpc) is 3.52. The lowest BCUT2D eigenvalue weighted by Crippen LogP contribution is -2.42. The molecular formula is C20H16F4N4O2. The number of hydrogen-bond acceptors (Lipinski definition) is 5. The van der Waals surface area contributed by atoms with Gasteiger partial charge >= 0.3 is 6.18 Å². The summed E-state index contributed by atoms with van der Waals surface area (Å²) in [6.07, 6.45) is -0.129. The summed E-state index contributed by atoms with van der Waals surface area (Å²) in [5, 5.41) is 11.8. The molecule has 4 rings (SSSR count). The summed E-state index contributed by atoms with van der Waals surface area (Å²) in [6, 6.07) is 1.96. The lowest BCUT2D eigenvalue weighted by Gasteiger charge is -2.32. The fraction of sp³-hybridized carbons (Fsp3) is 0.350. The number of benzene rings is 1. The maximum atomic E-state index is 14.8. The number of nitrogens with zero attached hydrogens (tertiary/aromatic N) is 3. The third-order valence-electron chi connectivity index (χ3n) is 4.98. The zero-order valence-electron chi connectivity index (χ0n) is 15.5. The fourth-order valence-corrected chi connectivity index (χ4v) is 3.16. The van der Waals surface area contributed by atoms with Gasteiger partial charge in [0.25, 0.3) is 5.56 Å². The molecule has 0 spiro atoms. The van der Waals surface area contributed by atoms with Crippen molar-refractivity contribution in [1.29, 1.82) is 0 Å². The number of aliphatic imine (C=N–C) groups is 1. The summed E-state index contributed by atoms with van der Waals surface area (Å²) >= 11 is 0. The van der Waals surface area contributed by atoms with Crippen molar-refractivity contribution in [2.24, 2.45) is 10.9 Å². The highest BCUT2D eigenvalue weighted by molar-refractivity contribution is 5.83. The zero-order chi connectivity index (χ0) is 21.5. The second kappa shape index (κ2) is 7.25. The summed E-state index contributed by atoms with van der Waals surface area (Å²) in [6.45, 7) is -0.810. The molecule has 0 bridgehead atoms. The Morgan fingerprint density at radius 1 is 1.30 bits per heavy atom. The topological polar surface area (TPSA) is 79.5 Å². The number of aromatic nitrogens is 2. The van der Waals surface area contributed by atoms with E-state index in [1.54, 1.807) is 0 Å². The van der Waals surface area contributed by atoms with Gasteiger partial charge in [0.1, 0.15) is 5.82 Å². The molecule has 1 fully saturated rings. The molecule has 2 heterocycles. The van der Waals surface area contributed by atoms with Crippen LogP contribution in [0.15, 0.2) is 34.4 Å². The van der Waals surface area contributed by atoms with E-state index in [9.17, 15) is 27.5 Å². The van der Waals surface area contributed by atoms with Crippen LogP contribution in [0, 0.1) is 23.6 Å². The van der Waals surface area contributed by atoms with Crippen molar-refractivity contribution in [2.45, 2.75) is 37.7 Å². The lowest BCUT2D eigenvalue weighted by atomic mass is 9.86. The van der Waals surface area contributed by atoms with Gasteiger partial charge in [-0.15, -0.1) is 0 Å². The molecule has 0 unspecified atom stereocenters. The molecule has 2 aliphatic rings. The summed E-state index contributed by atoms with van der Waals surface area (Å²) in [7, 11) is 0. The number of fused-ring (bicyclic) bond motifs is 1. The van der Waals surface area contributed by atoms with Crippen LogP contribution in [0.3, 0.4) is 0 Å². The van der Waals surface area contributed by atoms with Gasteiger partial charge < -0.3 is 10.4 Å². The van der Waals surface area contributed by atoms with Gasteiger partial charge in [-0.3, -0.25) is 9.36 Å². The Kier molecular flexibility index (Phi) is 4.86. The number of halogens is 4. The van der Waals surface area contributed by atoms with Crippen molar-refractivity contribution in [3.05, 3.63) is 57.5 Å². The molecule has 0 amide bonds. The summed E-state index contributed by atoms with van der Waals surface area (Å²) in [5.41, 5.74) is -3.86. The molecule has 10 heteroatoms. The first-order valence-corrected chi connectivity index (χ1v) is 9.12. The summed E-state index contributed by atoms with van der Waals surface area (Å²) in [4.78, 5) is 19.6. The first-order valence-electron chi connectivity index (χ1n) is 9.12. The van der Waals surface area contributed by atoms with Crippen LogP contribution in [-0.2, 0) is 18.7 Å². The minimum Gasteiger partial charge on any atom is -0.391 e. The van der Waals surface area contributed by atoms with E-state index in [0.29, 0.717) is 0 Å². The summed E-state index contributed by atoms with van der Waals surface area (Å²) < 4.78 is 58.0. The predicted octanol–water partition coefficient (Wildman–Crippen LogP) is 2.55. The molecule has 156 valence electrons. The van der Waals surface area contributed by atoms with Gasteiger partial charge in [-0.1, -0.05) is 11.8 Å². The maximum Gasteiger partial charge on any atom is 0.429 e. The van der Waals surface area contributed by atoms with Crippen molar-refractivity contribution in [3.63, 3.8) is 0 Å². The molecule has 1 aromatic heterocycles. The molecule has 2 aromatic rings. The summed E-state index contributed by atoms with van der Waals surface area (Å²) in [5.74, 6) is 3.81. The van der Waals surface area contributed by atoms with E-state index >= 15 is 0 Å². The quantitative estimate of drug-likeness (QED) is 0.591. The minimum atomic E-state index is -4.85. The average molecular weight is 420 g/mol. The lowest BCUT2D eigenvalue weighted by molar-refractivity contribution is -0.170. The number of hydrogen-bond donors (Lipinski definition) is 2. The number of rotatable bonds is 3. The van der Waals surface area contributed by atoms with Crippen LogP contribution in [0.4, 0.5) is 23.2 Å². The highest BCUT2D eigenvalue weighted by Crippen LogP contribution is 2.47. The largest absolute Gasteiger partial charge is 0.429 e. The molecule has 6 nitrogen and oxygen atoms in total. The van der Waals surface area contributed by atoms with Crippen LogP contribution in [0.1, 0.15) is 29.5 Å². The van der Waals surface area contributed by atoms with Crippen LogP contribution in [0.5, 0.6) is 0 Å². The molecular weight excluding hydrogens is 404 g/mol. The second-order valence-electron chi connectivity index (χ2n) is 7.15. The fourth-order valence-electron chi connectivity index (χ4n) is 3.16. The molecule has 0 radical (unpaired) electrons. The van der Waals surface area contributed by atoms with Gasteiger partial charge in [-0.2, -0.15) is 13.2 Å². The van der Waals surface area contributed by atoms with E-state index in [2.05, 4.69) is 27.1 Å². The molecule has 1 atom stereocenters. The predicted molar refractivity (Wildman–Crippen MR) is 100 cm³/mol. The van der Waals surface area contributed by atoms with Crippen molar-refractivity contribution in [2.75, 3.05) is 5.32 Å². The van der Waals surface area contributed by atoms with Crippen LogP contribution in [-0.4, -0.2) is 27.2 Å². The van der Waals surface area contributed by atoms with Crippen molar-refractivity contribution >= 4 is 12.0 Å². The Balaban J connectivity index is 1.79. The smallest absolute Gasteiger partial charge is 0.391 e. The van der Waals surface area contributed by atoms with E-state index < -0.39 is 35.3 Å². The number of nitrogens with one attached hydrogen (secondary N) is 1. The van der Waals surface area contributed by atoms with E-state index in [-0.39, 0.29) is 29.3 Å². The van der Waals surface area contributed by atoms with E-state index in [1.165, 1.54) is 12.3 Å². The van der Waals surface area contributed by atoms with Crippen LogP contribution in [0.2, 0.25) is 0 Å². The molecule has 30 heavy (non-hydrogen) atoms. The molecule has 1 saturated carbocycles. The zero-order valence-corrected chi connectivity index (χ0v) is 15.5. The molecule has 1 aromatic carbocycles. The van der Waals surface area contributed by atoms with Crippen LogP contribution in [0.25, 0.3) is 0 Å². The first kappa shape index (κ1) is 20.1. The Hall–Kier alpha value is -3.19. The van der Waals surface area contributed by atoms with E-state index in [0.717, 1.165) is 36.1 Å². The van der Waals surface area contributed by atoms with Crippen molar-refractivity contribution < 1.29 is 22.7 Å². The third-order valence-corrected chi connectivity index (χ3v) is 4.98. The Morgan fingerprint density at radius 2 is 2.07 bits per heavy atom. The first-order chi connectivity index (χ1) is 14.2. The monoisotopic (exact) mass is 420 g/mol. The Labute approximate surface area is 168 Å². The number of anilines is 1. The highest BCUT2D eigenvalue weighted by Gasteiger charge is 2.57. The molecule has 1 aliphatic heterocycles. The molecule has 1 aliphatic carbocycles. The van der Waals surface area contributed by atoms with Crippen LogP contribution < -0.4 is 10.9 Å². The van der Waals surface area contributed by atoms with Crippen molar-refractivity contribution in [1.82, 2.24) is 9.55 Å². The van der Waals surface area contributed by atoms with Gasteiger partial charge in [0.15, 0.2) is 0 Å². The third kappa shape index (κ3) is 3.45. The maximum absolute atomic E-state index is 14.8. The normalized spacial score (nSPS) is 20.2. The van der Waals surface area contributed by atoms with Crippen LogP contribution >= 0.6 is 0 Å². The van der Waals surface area contributed by atoms with Crippen molar-refractivity contribution in [3.8, 4) is 11.8 Å². The standard InChI is InChI=1S/C20H16F4N4O2/c21-16-6-15-17(5-13(16)8-28-11-25-7-14(9-29)18(28)30)26-10-27-19(15,20(22,23)24)4-3-12-1-2-12/h5-7,10-12,29H,1-2,8-9H2,(H,26,27)/t19-/m0/s1.